The van der Waals surface area contributed by atoms with Crippen LogP contribution in [-0.4, -0.2) is 25.7 Å². The lowest BCUT2D eigenvalue weighted by Crippen LogP contribution is -2.24. The van der Waals surface area contributed by atoms with Gasteiger partial charge in [0.25, 0.3) is 5.91 Å². The molecule has 1 aromatic carbocycles. The monoisotopic (exact) mass is 343 g/mol. The molecule has 3 heterocycles. The van der Waals surface area contributed by atoms with Gasteiger partial charge in [-0.3, -0.25) is 14.5 Å². The molecule has 0 aliphatic rings. The summed E-state index contributed by atoms with van der Waals surface area (Å²) < 4.78 is 1.76. The number of hydrogen-bond donors (Lipinski definition) is 1. The van der Waals surface area contributed by atoms with E-state index in [1.807, 2.05) is 55.6 Å². The van der Waals surface area contributed by atoms with Crippen molar-refractivity contribution in [3.8, 4) is 11.3 Å². The zero-order valence-electron chi connectivity index (χ0n) is 14.3. The van der Waals surface area contributed by atoms with Gasteiger partial charge >= 0.3 is 0 Å². The summed E-state index contributed by atoms with van der Waals surface area (Å²) in [7, 11) is 1.86. The standard InChI is InChI=1S/C20H17N5O/c1-25-16(11-19(24-25)15-6-4-10-21-12-15)13-22-20(26)18-9-8-14-5-2-3-7-17(14)23-18/h2-12H,13H2,1H3,(H,22,26). The number of rotatable bonds is 4. The molecule has 0 bridgehead atoms. The maximum atomic E-state index is 12.4. The van der Waals surface area contributed by atoms with Gasteiger partial charge in [0.1, 0.15) is 5.69 Å². The van der Waals surface area contributed by atoms with Crippen LogP contribution in [0.15, 0.2) is 67.0 Å². The van der Waals surface area contributed by atoms with Gasteiger partial charge in [0.2, 0.25) is 0 Å². The van der Waals surface area contributed by atoms with Gasteiger partial charge in [-0.05, 0) is 30.3 Å². The van der Waals surface area contributed by atoms with Crippen molar-refractivity contribution in [1.82, 2.24) is 25.1 Å². The lowest BCUT2D eigenvalue weighted by molar-refractivity contribution is 0.0945. The number of fused-ring (bicyclic) bond motifs is 1. The van der Waals surface area contributed by atoms with Crippen molar-refractivity contribution >= 4 is 16.8 Å². The fraction of sp³-hybridized carbons (Fsp3) is 0.100. The largest absolute Gasteiger partial charge is 0.345 e. The molecule has 0 saturated carbocycles. The molecule has 3 aromatic heterocycles. The first-order chi connectivity index (χ1) is 12.7. The summed E-state index contributed by atoms with van der Waals surface area (Å²) in [6.45, 7) is 0.372. The number of aryl methyl sites for hydroxylation is 1. The van der Waals surface area contributed by atoms with Crippen LogP contribution in [0.4, 0.5) is 0 Å². The topological polar surface area (TPSA) is 72.7 Å². The first-order valence-corrected chi connectivity index (χ1v) is 8.28. The molecule has 0 atom stereocenters. The number of aromatic nitrogens is 4. The van der Waals surface area contributed by atoms with E-state index in [1.54, 1.807) is 23.1 Å². The molecule has 1 N–H and O–H groups in total. The maximum Gasteiger partial charge on any atom is 0.270 e. The van der Waals surface area contributed by atoms with Gasteiger partial charge in [-0.1, -0.05) is 24.3 Å². The van der Waals surface area contributed by atoms with E-state index in [0.29, 0.717) is 12.2 Å². The molecule has 0 saturated heterocycles. The molecule has 0 aliphatic carbocycles. The minimum absolute atomic E-state index is 0.208. The summed E-state index contributed by atoms with van der Waals surface area (Å²) in [5.41, 5.74) is 3.88. The zero-order chi connectivity index (χ0) is 17.9. The van der Waals surface area contributed by atoms with Crippen molar-refractivity contribution in [2.45, 2.75) is 6.54 Å². The first-order valence-electron chi connectivity index (χ1n) is 8.28. The van der Waals surface area contributed by atoms with Crippen LogP contribution in [-0.2, 0) is 13.6 Å². The summed E-state index contributed by atoms with van der Waals surface area (Å²) in [6.07, 6.45) is 3.49. The van der Waals surface area contributed by atoms with E-state index >= 15 is 0 Å². The highest BCUT2D eigenvalue weighted by Gasteiger charge is 2.11. The normalized spacial score (nSPS) is 10.8. The second kappa shape index (κ2) is 6.76. The van der Waals surface area contributed by atoms with Gasteiger partial charge in [-0.2, -0.15) is 5.10 Å². The first kappa shape index (κ1) is 16.0. The number of nitrogens with one attached hydrogen (secondary N) is 1. The van der Waals surface area contributed by atoms with Crippen LogP contribution in [0.3, 0.4) is 0 Å². The molecule has 0 spiro atoms. The smallest absolute Gasteiger partial charge is 0.270 e. The Labute approximate surface area is 150 Å². The number of carbonyl (C=O) groups excluding carboxylic acids is 1. The van der Waals surface area contributed by atoms with Crippen LogP contribution in [0.5, 0.6) is 0 Å². The number of benzene rings is 1. The van der Waals surface area contributed by atoms with E-state index in [0.717, 1.165) is 27.9 Å². The quantitative estimate of drug-likeness (QED) is 0.618. The Morgan fingerprint density at radius 1 is 1.12 bits per heavy atom. The van der Waals surface area contributed by atoms with Crippen LogP contribution in [0.2, 0.25) is 0 Å². The molecule has 4 aromatic rings. The third kappa shape index (κ3) is 3.17. The highest BCUT2D eigenvalue weighted by Crippen LogP contribution is 2.17. The predicted octanol–water partition coefficient (Wildman–Crippen LogP) is 2.96. The SMILES string of the molecule is Cn1nc(-c2cccnc2)cc1CNC(=O)c1ccc2ccccc2n1. The number of carbonyl (C=O) groups is 1. The van der Waals surface area contributed by atoms with E-state index in [4.69, 9.17) is 0 Å². The van der Waals surface area contributed by atoms with Crippen molar-refractivity contribution in [2.75, 3.05) is 0 Å². The van der Waals surface area contributed by atoms with Gasteiger partial charge in [0, 0.05) is 30.4 Å². The predicted molar refractivity (Wildman–Crippen MR) is 99.4 cm³/mol. The summed E-state index contributed by atoms with van der Waals surface area (Å²) in [5, 5.41) is 8.40. The number of para-hydroxylation sites is 1. The van der Waals surface area contributed by atoms with Crippen molar-refractivity contribution < 1.29 is 4.79 Å². The van der Waals surface area contributed by atoms with E-state index in [2.05, 4.69) is 20.4 Å². The Hall–Kier alpha value is -3.54. The maximum absolute atomic E-state index is 12.4. The van der Waals surface area contributed by atoms with Crippen molar-refractivity contribution in [3.63, 3.8) is 0 Å². The number of hydrogen-bond acceptors (Lipinski definition) is 4. The Morgan fingerprint density at radius 3 is 2.85 bits per heavy atom. The summed E-state index contributed by atoms with van der Waals surface area (Å²) in [5.74, 6) is -0.208. The molecular formula is C20H17N5O. The third-order valence-electron chi connectivity index (χ3n) is 4.20. The van der Waals surface area contributed by atoms with E-state index in [9.17, 15) is 4.79 Å². The van der Waals surface area contributed by atoms with Crippen molar-refractivity contribution in [2.24, 2.45) is 7.05 Å². The Kier molecular flexibility index (Phi) is 4.15. The van der Waals surface area contributed by atoms with Gasteiger partial charge in [0.05, 0.1) is 23.4 Å². The molecular weight excluding hydrogens is 326 g/mol. The summed E-state index contributed by atoms with van der Waals surface area (Å²) in [4.78, 5) is 21.0. The molecule has 4 rings (SSSR count). The summed E-state index contributed by atoms with van der Waals surface area (Å²) >= 11 is 0. The summed E-state index contributed by atoms with van der Waals surface area (Å²) in [6, 6.07) is 17.1. The van der Waals surface area contributed by atoms with Crippen LogP contribution in [0.1, 0.15) is 16.2 Å². The lowest BCUT2D eigenvalue weighted by Gasteiger charge is -2.06. The average molecular weight is 343 g/mol. The number of pyridine rings is 2. The molecule has 6 heteroatoms. The Bertz CT molecular complexity index is 1070. The molecule has 6 nitrogen and oxygen atoms in total. The van der Waals surface area contributed by atoms with Crippen LogP contribution in [0, 0.1) is 0 Å². The highest BCUT2D eigenvalue weighted by molar-refractivity contribution is 5.94. The average Bonchev–Trinajstić information content (AvgIpc) is 3.07. The van der Waals surface area contributed by atoms with Crippen LogP contribution < -0.4 is 5.32 Å². The molecule has 0 fully saturated rings. The van der Waals surface area contributed by atoms with E-state index in [-0.39, 0.29) is 5.91 Å². The van der Waals surface area contributed by atoms with Crippen molar-refractivity contribution in [3.05, 3.63) is 78.4 Å². The molecule has 128 valence electrons. The number of amides is 1. The van der Waals surface area contributed by atoms with Gasteiger partial charge in [-0.25, -0.2) is 4.98 Å². The zero-order valence-corrected chi connectivity index (χ0v) is 14.3. The van der Waals surface area contributed by atoms with Crippen molar-refractivity contribution in [1.29, 1.82) is 0 Å². The van der Waals surface area contributed by atoms with Gasteiger partial charge in [-0.15, -0.1) is 0 Å². The minimum atomic E-state index is -0.208. The molecule has 1 amide bonds. The Morgan fingerprint density at radius 2 is 2.00 bits per heavy atom. The Balaban J connectivity index is 1.49. The molecule has 0 unspecified atom stereocenters. The number of nitrogens with zero attached hydrogens (tertiary/aromatic N) is 4. The fourth-order valence-electron chi connectivity index (χ4n) is 2.78. The van der Waals surface area contributed by atoms with Crippen LogP contribution in [0.25, 0.3) is 22.2 Å². The van der Waals surface area contributed by atoms with Gasteiger partial charge < -0.3 is 5.32 Å². The second-order valence-corrected chi connectivity index (χ2v) is 5.96. The van der Waals surface area contributed by atoms with E-state index in [1.165, 1.54) is 0 Å². The lowest BCUT2D eigenvalue weighted by atomic mass is 10.2. The van der Waals surface area contributed by atoms with Gasteiger partial charge in [0.15, 0.2) is 0 Å². The highest BCUT2D eigenvalue weighted by atomic mass is 16.1. The molecule has 26 heavy (non-hydrogen) atoms. The third-order valence-corrected chi connectivity index (χ3v) is 4.20. The minimum Gasteiger partial charge on any atom is -0.345 e. The van der Waals surface area contributed by atoms with E-state index < -0.39 is 0 Å². The second-order valence-electron chi connectivity index (χ2n) is 5.96. The fourth-order valence-corrected chi connectivity index (χ4v) is 2.78. The molecule has 0 aliphatic heterocycles. The van der Waals surface area contributed by atoms with Crippen LogP contribution >= 0.6 is 0 Å². The molecule has 0 radical (unpaired) electrons.